The lowest BCUT2D eigenvalue weighted by atomic mass is 10.3. The topological polar surface area (TPSA) is 39.2 Å². The fourth-order valence-electron chi connectivity index (χ4n) is 1.01. The van der Waals surface area contributed by atoms with Crippen molar-refractivity contribution < 1.29 is 13.9 Å². The van der Waals surface area contributed by atoms with Crippen molar-refractivity contribution in [3.8, 4) is 10.9 Å². The fraction of sp³-hybridized carbons (Fsp3) is 0. The second-order valence-corrected chi connectivity index (χ2v) is 4.16. The van der Waals surface area contributed by atoms with E-state index in [1.807, 2.05) is 0 Å². The number of nitrogens with zero attached hydrogens (tertiary/aromatic N) is 1. The van der Waals surface area contributed by atoms with Gasteiger partial charge in [-0.15, -0.1) is 0 Å². The summed E-state index contributed by atoms with van der Waals surface area (Å²) >= 11 is 6.70. The van der Waals surface area contributed by atoms with Crippen molar-refractivity contribution >= 4 is 29.2 Å². The summed E-state index contributed by atoms with van der Waals surface area (Å²) in [5, 5.41) is 0.357. The molecule has 1 aromatic heterocycles. The van der Waals surface area contributed by atoms with Gasteiger partial charge in [0.1, 0.15) is 16.4 Å². The number of hydrogen-bond acceptors (Lipinski definition) is 4. The van der Waals surface area contributed by atoms with Crippen LogP contribution in [0.3, 0.4) is 0 Å². The molecule has 82 valence electrons. The standard InChI is InChI=1S/C10H5ClFNO2S/c11-9-8(5-14)16-10(13-9)15-7-3-1-6(12)2-4-7/h1-5H. The molecule has 1 heterocycles. The quantitative estimate of drug-likeness (QED) is 0.790. The molecule has 0 spiro atoms. The number of halogens is 2. The van der Waals surface area contributed by atoms with E-state index in [2.05, 4.69) is 4.98 Å². The van der Waals surface area contributed by atoms with E-state index in [4.69, 9.17) is 16.3 Å². The van der Waals surface area contributed by atoms with Crippen molar-refractivity contribution in [2.75, 3.05) is 0 Å². The van der Waals surface area contributed by atoms with Crippen molar-refractivity contribution in [3.63, 3.8) is 0 Å². The Morgan fingerprint density at radius 3 is 2.62 bits per heavy atom. The van der Waals surface area contributed by atoms with Crippen molar-refractivity contribution in [2.24, 2.45) is 0 Å². The van der Waals surface area contributed by atoms with E-state index in [1.165, 1.54) is 24.3 Å². The number of carbonyl (C=O) groups excluding carboxylic acids is 1. The van der Waals surface area contributed by atoms with Gasteiger partial charge in [-0.1, -0.05) is 22.9 Å². The molecule has 1 aromatic carbocycles. The molecular weight excluding hydrogens is 253 g/mol. The minimum atomic E-state index is -0.349. The second-order valence-electron chi connectivity index (χ2n) is 2.81. The summed E-state index contributed by atoms with van der Waals surface area (Å²) < 4.78 is 17.9. The normalized spacial score (nSPS) is 10.1. The van der Waals surface area contributed by atoms with Crippen molar-refractivity contribution in [2.45, 2.75) is 0 Å². The molecule has 6 heteroatoms. The lowest BCUT2D eigenvalue weighted by Gasteiger charge is -1.99. The lowest BCUT2D eigenvalue weighted by Crippen LogP contribution is -1.82. The van der Waals surface area contributed by atoms with Gasteiger partial charge in [0.05, 0.1) is 0 Å². The van der Waals surface area contributed by atoms with Crippen LogP contribution in [0.1, 0.15) is 9.67 Å². The Kier molecular flexibility index (Phi) is 3.17. The first-order valence-corrected chi connectivity index (χ1v) is 5.43. The summed E-state index contributed by atoms with van der Waals surface area (Å²) in [5.41, 5.74) is 0. The molecule has 2 rings (SSSR count). The number of aldehydes is 1. The number of benzene rings is 1. The summed E-state index contributed by atoms with van der Waals surface area (Å²) in [6.45, 7) is 0. The Morgan fingerprint density at radius 1 is 1.38 bits per heavy atom. The summed E-state index contributed by atoms with van der Waals surface area (Å²) in [7, 11) is 0. The van der Waals surface area contributed by atoms with E-state index in [0.717, 1.165) is 11.3 Å². The minimum Gasteiger partial charge on any atom is -0.431 e. The van der Waals surface area contributed by atoms with Gasteiger partial charge in [0.2, 0.25) is 0 Å². The van der Waals surface area contributed by atoms with Crippen LogP contribution in [-0.4, -0.2) is 11.3 Å². The Hall–Kier alpha value is -1.46. The van der Waals surface area contributed by atoms with Crippen molar-refractivity contribution in [1.82, 2.24) is 4.98 Å². The monoisotopic (exact) mass is 257 g/mol. The number of hydrogen-bond donors (Lipinski definition) is 0. The third-order valence-electron chi connectivity index (χ3n) is 1.72. The van der Waals surface area contributed by atoms with Gasteiger partial charge < -0.3 is 4.74 Å². The molecule has 0 bridgehead atoms. The van der Waals surface area contributed by atoms with Crippen molar-refractivity contribution in [3.05, 3.63) is 40.1 Å². The average molecular weight is 258 g/mol. The molecule has 0 aliphatic carbocycles. The number of rotatable bonds is 3. The molecule has 0 aliphatic heterocycles. The predicted octanol–water partition coefficient (Wildman–Crippen LogP) is 3.54. The van der Waals surface area contributed by atoms with Crippen LogP contribution in [0.15, 0.2) is 24.3 Å². The lowest BCUT2D eigenvalue weighted by molar-refractivity contribution is 0.112. The van der Waals surface area contributed by atoms with Gasteiger partial charge in [-0.3, -0.25) is 4.79 Å². The van der Waals surface area contributed by atoms with E-state index >= 15 is 0 Å². The zero-order valence-electron chi connectivity index (χ0n) is 7.81. The summed E-state index contributed by atoms with van der Waals surface area (Å²) in [6.07, 6.45) is 0.609. The third-order valence-corrected chi connectivity index (χ3v) is 2.97. The third kappa shape index (κ3) is 2.37. The van der Waals surface area contributed by atoms with Crippen LogP contribution in [0.5, 0.6) is 10.9 Å². The highest BCUT2D eigenvalue weighted by Crippen LogP contribution is 2.30. The Balaban J connectivity index is 2.20. The van der Waals surface area contributed by atoms with Crippen LogP contribution in [0, 0.1) is 5.82 Å². The summed E-state index contributed by atoms with van der Waals surface area (Å²) in [5.74, 6) is 0.0855. The first-order chi connectivity index (χ1) is 7.69. The van der Waals surface area contributed by atoms with E-state index in [1.54, 1.807) is 0 Å². The number of carbonyl (C=O) groups is 1. The Labute approximate surface area is 99.5 Å². The molecular formula is C10H5ClFNO2S. The first kappa shape index (κ1) is 11.0. The molecule has 0 fully saturated rings. The molecule has 16 heavy (non-hydrogen) atoms. The maximum Gasteiger partial charge on any atom is 0.280 e. The largest absolute Gasteiger partial charge is 0.431 e. The van der Waals surface area contributed by atoms with E-state index in [9.17, 15) is 9.18 Å². The van der Waals surface area contributed by atoms with Crippen LogP contribution in [0.25, 0.3) is 0 Å². The molecule has 2 aromatic rings. The molecule has 0 aliphatic rings. The zero-order valence-corrected chi connectivity index (χ0v) is 9.39. The van der Waals surface area contributed by atoms with E-state index in [0.29, 0.717) is 16.9 Å². The molecule has 0 amide bonds. The van der Waals surface area contributed by atoms with Gasteiger partial charge in [-0.25, -0.2) is 4.39 Å². The highest BCUT2D eigenvalue weighted by molar-refractivity contribution is 7.15. The van der Waals surface area contributed by atoms with Crippen LogP contribution >= 0.6 is 22.9 Å². The summed E-state index contributed by atoms with van der Waals surface area (Å²) in [4.78, 5) is 14.7. The van der Waals surface area contributed by atoms with E-state index < -0.39 is 0 Å². The van der Waals surface area contributed by atoms with Gasteiger partial charge in [0.15, 0.2) is 11.4 Å². The van der Waals surface area contributed by atoms with Gasteiger partial charge in [0.25, 0.3) is 5.19 Å². The highest BCUT2D eigenvalue weighted by Gasteiger charge is 2.09. The van der Waals surface area contributed by atoms with Gasteiger partial charge >= 0.3 is 0 Å². The maximum absolute atomic E-state index is 12.6. The zero-order chi connectivity index (χ0) is 11.5. The smallest absolute Gasteiger partial charge is 0.280 e. The highest BCUT2D eigenvalue weighted by atomic mass is 35.5. The maximum atomic E-state index is 12.6. The van der Waals surface area contributed by atoms with Crippen LogP contribution in [0.2, 0.25) is 5.15 Å². The minimum absolute atomic E-state index is 0.108. The average Bonchev–Trinajstić information content (AvgIpc) is 2.62. The van der Waals surface area contributed by atoms with Crippen LogP contribution in [0.4, 0.5) is 4.39 Å². The summed E-state index contributed by atoms with van der Waals surface area (Å²) in [6, 6.07) is 5.47. The molecule has 0 radical (unpaired) electrons. The van der Waals surface area contributed by atoms with Gasteiger partial charge in [0, 0.05) is 0 Å². The van der Waals surface area contributed by atoms with E-state index in [-0.39, 0.29) is 16.2 Å². The Morgan fingerprint density at radius 2 is 2.06 bits per heavy atom. The molecule has 0 unspecified atom stereocenters. The van der Waals surface area contributed by atoms with Crippen molar-refractivity contribution in [1.29, 1.82) is 0 Å². The molecule has 0 saturated carbocycles. The molecule has 3 nitrogen and oxygen atoms in total. The van der Waals surface area contributed by atoms with Crippen LogP contribution < -0.4 is 4.74 Å². The molecule has 0 atom stereocenters. The van der Waals surface area contributed by atoms with Gasteiger partial charge in [-0.05, 0) is 24.3 Å². The number of aromatic nitrogens is 1. The molecule has 0 N–H and O–H groups in total. The van der Waals surface area contributed by atoms with Crippen LogP contribution in [-0.2, 0) is 0 Å². The Bertz CT molecular complexity index is 512. The van der Waals surface area contributed by atoms with Gasteiger partial charge in [-0.2, -0.15) is 4.98 Å². The first-order valence-electron chi connectivity index (χ1n) is 4.24. The SMILES string of the molecule is O=Cc1sc(Oc2ccc(F)cc2)nc1Cl. The fourth-order valence-corrected chi connectivity index (χ4v) is 1.94. The second kappa shape index (κ2) is 4.59. The predicted molar refractivity (Wildman–Crippen MR) is 59.0 cm³/mol. The number of ether oxygens (including phenoxy) is 1. The number of thiazole rings is 1. The molecule has 0 saturated heterocycles.